The van der Waals surface area contributed by atoms with Gasteiger partial charge in [0.05, 0.1) is 26.0 Å². The number of ether oxygens (including phenoxy) is 2. The van der Waals surface area contributed by atoms with Gasteiger partial charge in [0, 0.05) is 6.54 Å². The van der Waals surface area contributed by atoms with Crippen LogP contribution in [0.5, 0.6) is 5.75 Å². The quantitative estimate of drug-likeness (QED) is 0.408. The molecule has 148 valence electrons. The molecule has 1 atom stereocenters. The van der Waals surface area contributed by atoms with Crippen LogP contribution in [0.3, 0.4) is 0 Å². The van der Waals surface area contributed by atoms with Crippen LogP contribution in [0, 0.1) is 0 Å². The zero-order chi connectivity index (χ0) is 20.4. The Morgan fingerprint density at radius 3 is 2.36 bits per heavy atom. The van der Waals surface area contributed by atoms with Gasteiger partial charge >= 0.3 is 5.97 Å². The second-order valence-electron chi connectivity index (χ2n) is 5.98. The molecule has 0 aliphatic heterocycles. The fraction of sp³-hybridized carbons (Fsp3) is 0.286. The molecule has 0 fully saturated rings. The summed E-state index contributed by atoms with van der Waals surface area (Å²) in [6.45, 7) is 2.12. The number of nitrogens with one attached hydrogen (secondary N) is 1. The van der Waals surface area contributed by atoms with Crippen LogP contribution in [0.25, 0.3) is 0 Å². The molecule has 0 aliphatic carbocycles. The SMILES string of the molecule is COC(=O)c1ccc(/C=N/OC(C)C(=O)NCCc2ccc(OC)cc2)cc1. The van der Waals surface area contributed by atoms with Crippen molar-refractivity contribution in [1.29, 1.82) is 0 Å². The van der Waals surface area contributed by atoms with E-state index in [2.05, 4.69) is 15.2 Å². The van der Waals surface area contributed by atoms with E-state index in [0.717, 1.165) is 16.9 Å². The Hall–Kier alpha value is -3.35. The minimum absolute atomic E-state index is 0.244. The first-order chi connectivity index (χ1) is 13.5. The largest absolute Gasteiger partial charge is 0.497 e. The predicted molar refractivity (Wildman–Crippen MR) is 106 cm³/mol. The molecule has 0 spiro atoms. The van der Waals surface area contributed by atoms with Gasteiger partial charge in [-0.15, -0.1) is 0 Å². The zero-order valence-electron chi connectivity index (χ0n) is 16.2. The average Bonchev–Trinajstić information content (AvgIpc) is 2.74. The van der Waals surface area contributed by atoms with E-state index in [1.54, 1.807) is 38.3 Å². The van der Waals surface area contributed by atoms with Crippen molar-refractivity contribution in [2.75, 3.05) is 20.8 Å². The van der Waals surface area contributed by atoms with Crippen molar-refractivity contribution in [2.45, 2.75) is 19.4 Å². The number of rotatable bonds is 9. The molecule has 0 bridgehead atoms. The summed E-state index contributed by atoms with van der Waals surface area (Å²) in [6.07, 6.45) is 1.46. The van der Waals surface area contributed by atoms with Gasteiger partial charge in [0.2, 0.25) is 6.10 Å². The number of nitrogens with zero attached hydrogens (tertiary/aromatic N) is 1. The lowest BCUT2D eigenvalue weighted by Gasteiger charge is -2.10. The van der Waals surface area contributed by atoms with Crippen LogP contribution in [0.1, 0.15) is 28.4 Å². The third-order valence-electron chi connectivity index (χ3n) is 3.99. The zero-order valence-corrected chi connectivity index (χ0v) is 16.2. The lowest BCUT2D eigenvalue weighted by atomic mass is 10.1. The van der Waals surface area contributed by atoms with Crippen molar-refractivity contribution >= 4 is 18.1 Å². The average molecular weight is 384 g/mol. The maximum Gasteiger partial charge on any atom is 0.337 e. The molecule has 0 saturated carbocycles. The summed E-state index contributed by atoms with van der Waals surface area (Å²) in [6, 6.07) is 14.4. The van der Waals surface area contributed by atoms with Crippen molar-refractivity contribution in [3.63, 3.8) is 0 Å². The Morgan fingerprint density at radius 2 is 1.75 bits per heavy atom. The van der Waals surface area contributed by atoms with Crippen molar-refractivity contribution in [3.8, 4) is 5.75 Å². The van der Waals surface area contributed by atoms with Gasteiger partial charge in [-0.1, -0.05) is 29.4 Å². The van der Waals surface area contributed by atoms with Crippen molar-refractivity contribution in [3.05, 3.63) is 65.2 Å². The Kier molecular flexibility index (Phi) is 8.02. The predicted octanol–water partition coefficient (Wildman–Crippen LogP) is 2.58. The fourth-order valence-electron chi connectivity index (χ4n) is 2.32. The van der Waals surface area contributed by atoms with Crippen LogP contribution < -0.4 is 10.1 Å². The molecule has 0 aliphatic rings. The van der Waals surface area contributed by atoms with Gasteiger partial charge in [0.15, 0.2) is 0 Å². The first-order valence-electron chi connectivity index (χ1n) is 8.81. The van der Waals surface area contributed by atoms with Crippen LogP contribution in [-0.2, 0) is 20.8 Å². The highest BCUT2D eigenvalue weighted by Gasteiger charge is 2.13. The minimum atomic E-state index is -0.721. The minimum Gasteiger partial charge on any atom is -0.497 e. The van der Waals surface area contributed by atoms with E-state index in [0.29, 0.717) is 18.5 Å². The van der Waals surface area contributed by atoms with Gasteiger partial charge in [-0.2, -0.15) is 0 Å². The molecular formula is C21H24N2O5. The molecule has 1 amide bonds. The lowest BCUT2D eigenvalue weighted by Crippen LogP contribution is -2.34. The molecule has 1 N–H and O–H groups in total. The van der Waals surface area contributed by atoms with Crippen LogP contribution in [0.15, 0.2) is 53.7 Å². The number of oxime groups is 1. The number of carbonyl (C=O) groups is 2. The Morgan fingerprint density at radius 1 is 1.07 bits per heavy atom. The summed E-state index contributed by atoms with van der Waals surface area (Å²) < 4.78 is 9.75. The smallest absolute Gasteiger partial charge is 0.337 e. The fourth-order valence-corrected chi connectivity index (χ4v) is 2.32. The van der Waals surface area contributed by atoms with E-state index in [-0.39, 0.29) is 5.91 Å². The maximum atomic E-state index is 12.0. The van der Waals surface area contributed by atoms with Crippen LogP contribution in [0.4, 0.5) is 0 Å². The van der Waals surface area contributed by atoms with Crippen molar-refractivity contribution in [1.82, 2.24) is 5.32 Å². The molecule has 28 heavy (non-hydrogen) atoms. The third kappa shape index (κ3) is 6.42. The summed E-state index contributed by atoms with van der Waals surface area (Å²) in [5.41, 5.74) is 2.29. The molecule has 2 aromatic carbocycles. The number of hydrogen-bond acceptors (Lipinski definition) is 6. The van der Waals surface area contributed by atoms with Crippen LogP contribution in [0.2, 0.25) is 0 Å². The number of benzene rings is 2. The van der Waals surface area contributed by atoms with E-state index in [4.69, 9.17) is 9.57 Å². The number of amides is 1. The molecule has 2 aromatic rings. The van der Waals surface area contributed by atoms with Gasteiger partial charge in [0.25, 0.3) is 5.91 Å². The molecule has 1 unspecified atom stereocenters. The highest BCUT2D eigenvalue weighted by Crippen LogP contribution is 2.11. The number of esters is 1. The van der Waals surface area contributed by atoms with Gasteiger partial charge in [-0.05, 0) is 48.7 Å². The summed E-state index contributed by atoms with van der Waals surface area (Å²) >= 11 is 0. The van der Waals surface area contributed by atoms with E-state index in [9.17, 15) is 9.59 Å². The first kappa shape index (κ1) is 21.0. The van der Waals surface area contributed by atoms with Gasteiger partial charge in [-0.25, -0.2) is 4.79 Å². The summed E-state index contributed by atoms with van der Waals surface area (Å²) in [5.74, 6) is 0.152. The molecule has 0 saturated heterocycles. The van der Waals surface area contributed by atoms with Gasteiger partial charge < -0.3 is 19.6 Å². The number of hydrogen-bond donors (Lipinski definition) is 1. The van der Waals surface area contributed by atoms with E-state index in [1.165, 1.54) is 13.3 Å². The molecule has 0 aromatic heterocycles. The molecule has 7 nitrogen and oxygen atoms in total. The van der Waals surface area contributed by atoms with Gasteiger partial charge in [-0.3, -0.25) is 4.79 Å². The second kappa shape index (κ2) is 10.7. The monoisotopic (exact) mass is 384 g/mol. The first-order valence-corrected chi connectivity index (χ1v) is 8.81. The lowest BCUT2D eigenvalue weighted by molar-refractivity contribution is -0.131. The standard InChI is InChI=1S/C21H24N2O5/c1-15(20(24)22-13-12-16-6-10-19(26-2)11-7-16)28-23-14-17-4-8-18(9-5-17)21(25)27-3/h4-11,14-15H,12-13H2,1-3H3,(H,22,24)/b23-14+. The Bertz CT molecular complexity index is 801. The Labute approximate surface area is 164 Å². The third-order valence-corrected chi connectivity index (χ3v) is 3.99. The second-order valence-corrected chi connectivity index (χ2v) is 5.98. The van der Waals surface area contributed by atoms with E-state index >= 15 is 0 Å². The van der Waals surface area contributed by atoms with E-state index < -0.39 is 12.1 Å². The number of methoxy groups -OCH3 is 2. The highest BCUT2D eigenvalue weighted by molar-refractivity contribution is 5.90. The van der Waals surface area contributed by atoms with Crippen molar-refractivity contribution < 1.29 is 23.9 Å². The topological polar surface area (TPSA) is 86.2 Å². The normalized spacial score (nSPS) is 11.7. The summed E-state index contributed by atoms with van der Waals surface area (Å²) in [7, 11) is 2.95. The summed E-state index contributed by atoms with van der Waals surface area (Å²) in [4.78, 5) is 28.6. The summed E-state index contributed by atoms with van der Waals surface area (Å²) in [5, 5.41) is 6.64. The number of carbonyl (C=O) groups excluding carboxylic acids is 2. The maximum absolute atomic E-state index is 12.0. The van der Waals surface area contributed by atoms with E-state index in [1.807, 2.05) is 24.3 Å². The van der Waals surface area contributed by atoms with Crippen LogP contribution in [-0.4, -0.2) is 45.0 Å². The molecule has 0 heterocycles. The van der Waals surface area contributed by atoms with Crippen molar-refractivity contribution in [2.24, 2.45) is 5.16 Å². The van der Waals surface area contributed by atoms with Crippen LogP contribution >= 0.6 is 0 Å². The van der Waals surface area contributed by atoms with Gasteiger partial charge in [0.1, 0.15) is 5.75 Å². The molecular weight excluding hydrogens is 360 g/mol. The molecule has 0 radical (unpaired) electrons. The highest BCUT2D eigenvalue weighted by atomic mass is 16.6. The Balaban J connectivity index is 1.73. The molecule has 2 rings (SSSR count). The molecule has 7 heteroatoms.